The number of nitrogens with one attached hydrogen (secondary N) is 1. The molecular weight excluding hydrogens is 304 g/mol. The van der Waals surface area contributed by atoms with E-state index >= 15 is 0 Å². The Balaban J connectivity index is 1.77. The average molecular weight is 322 g/mol. The number of rotatable bonds is 5. The molecule has 5 heteroatoms. The second-order valence-electron chi connectivity index (χ2n) is 5.66. The van der Waals surface area contributed by atoms with Gasteiger partial charge in [0.15, 0.2) is 0 Å². The number of amides is 1. The Morgan fingerprint density at radius 1 is 1.17 bits per heavy atom. The molecule has 2 heterocycles. The molecule has 24 heavy (non-hydrogen) atoms. The topological polar surface area (TPSA) is 64.2 Å². The van der Waals surface area contributed by atoms with Crippen molar-refractivity contribution in [3.8, 4) is 0 Å². The molecule has 0 aliphatic rings. The summed E-state index contributed by atoms with van der Waals surface area (Å²) in [5.74, 6) is -0.389. The molecule has 1 N–H and O–H groups in total. The number of carbonyl (C=O) groups is 1. The van der Waals surface area contributed by atoms with Gasteiger partial charge in [-0.05, 0) is 30.7 Å². The maximum absolute atomic E-state index is 12.5. The fraction of sp³-hybridized carbons (Fsp3) is 0.158. The number of aromatic nitrogens is 1. The van der Waals surface area contributed by atoms with E-state index in [4.69, 9.17) is 4.42 Å². The van der Waals surface area contributed by atoms with E-state index in [9.17, 15) is 9.59 Å². The second-order valence-corrected chi connectivity index (χ2v) is 5.66. The molecular formula is C19H18N2O3. The third kappa shape index (κ3) is 3.63. The van der Waals surface area contributed by atoms with Gasteiger partial charge >= 0.3 is 0 Å². The number of hydrogen-bond acceptors (Lipinski definition) is 3. The lowest BCUT2D eigenvalue weighted by Crippen LogP contribution is -2.32. The Kier molecular flexibility index (Phi) is 4.61. The van der Waals surface area contributed by atoms with Crippen LogP contribution in [-0.4, -0.2) is 10.5 Å². The molecule has 0 saturated heterocycles. The van der Waals surface area contributed by atoms with Gasteiger partial charge in [0.1, 0.15) is 5.56 Å². The SMILES string of the molecule is Cc1cccc(Cn2cccc(C(=O)NCc3ccoc3)c2=O)c1. The van der Waals surface area contributed by atoms with Crippen LogP contribution in [0.4, 0.5) is 0 Å². The second kappa shape index (κ2) is 7.00. The first-order valence-electron chi connectivity index (χ1n) is 7.68. The molecule has 5 nitrogen and oxygen atoms in total. The van der Waals surface area contributed by atoms with Crippen LogP contribution in [0.5, 0.6) is 0 Å². The van der Waals surface area contributed by atoms with Crippen LogP contribution in [-0.2, 0) is 13.1 Å². The van der Waals surface area contributed by atoms with Crippen molar-refractivity contribution in [2.24, 2.45) is 0 Å². The van der Waals surface area contributed by atoms with Crippen molar-refractivity contribution in [2.75, 3.05) is 0 Å². The highest BCUT2D eigenvalue weighted by atomic mass is 16.3. The van der Waals surface area contributed by atoms with E-state index in [2.05, 4.69) is 5.32 Å². The van der Waals surface area contributed by atoms with E-state index in [0.29, 0.717) is 13.1 Å². The molecule has 1 aromatic carbocycles. The van der Waals surface area contributed by atoms with Crippen molar-refractivity contribution in [1.29, 1.82) is 0 Å². The molecule has 0 radical (unpaired) electrons. The first kappa shape index (κ1) is 15.8. The summed E-state index contributed by atoms with van der Waals surface area (Å²) in [6, 6.07) is 13.0. The van der Waals surface area contributed by atoms with Crippen LogP contribution in [0.15, 0.2) is 70.4 Å². The van der Waals surface area contributed by atoms with Crippen LogP contribution >= 0.6 is 0 Å². The minimum atomic E-state index is -0.389. The van der Waals surface area contributed by atoms with Crippen molar-refractivity contribution in [3.05, 3.63) is 93.8 Å². The van der Waals surface area contributed by atoms with Gasteiger partial charge in [0.25, 0.3) is 11.5 Å². The zero-order valence-corrected chi connectivity index (χ0v) is 13.4. The van der Waals surface area contributed by atoms with Crippen LogP contribution in [0.25, 0.3) is 0 Å². The van der Waals surface area contributed by atoms with Gasteiger partial charge < -0.3 is 14.3 Å². The van der Waals surface area contributed by atoms with Gasteiger partial charge in [-0.15, -0.1) is 0 Å². The first-order valence-corrected chi connectivity index (χ1v) is 7.68. The number of pyridine rings is 1. The molecule has 0 fully saturated rings. The molecule has 0 unspecified atom stereocenters. The lowest BCUT2D eigenvalue weighted by molar-refractivity contribution is 0.0948. The predicted octanol–water partition coefficient (Wildman–Crippen LogP) is 2.73. The maximum Gasteiger partial charge on any atom is 0.263 e. The highest BCUT2D eigenvalue weighted by Gasteiger charge is 2.12. The quantitative estimate of drug-likeness (QED) is 0.785. The Morgan fingerprint density at radius 3 is 2.79 bits per heavy atom. The summed E-state index contributed by atoms with van der Waals surface area (Å²) in [5.41, 5.74) is 2.83. The molecule has 2 aromatic heterocycles. The summed E-state index contributed by atoms with van der Waals surface area (Å²) >= 11 is 0. The fourth-order valence-electron chi connectivity index (χ4n) is 2.51. The molecule has 0 atom stereocenters. The van der Waals surface area contributed by atoms with Gasteiger partial charge in [-0.2, -0.15) is 0 Å². The van der Waals surface area contributed by atoms with Crippen molar-refractivity contribution in [1.82, 2.24) is 9.88 Å². The van der Waals surface area contributed by atoms with Crippen molar-refractivity contribution in [2.45, 2.75) is 20.0 Å². The summed E-state index contributed by atoms with van der Waals surface area (Å²) in [6.45, 7) is 2.76. The van der Waals surface area contributed by atoms with Crippen molar-refractivity contribution >= 4 is 5.91 Å². The van der Waals surface area contributed by atoms with E-state index < -0.39 is 0 Å². The van der Waals surface area contributed by atoms with Gasteiger partial charge in [-0.25, -0.2) is 0 Å². The number of aryl methyl sites for hydroxylation is 1. The molecule has 0 spiro atoms. The monoisotopic (exact) mass is 322 g/mol. The molecule has 0 aliphatic heterocycles. The van der Waals surface area contributed by atoms with Crippen LogP contribution in [0, 0.1) is 6.92 Å². The maximum atomic E-state index is 12.5. The third-order valence-corrected chi connectivity index (χ3v) is 3.73. The minimum Gasteiger partial charge on any atom is -0.472 e. The van der Waals surface area contributed by atoms with Gasteiger partial charge in [-0.3, -0.25) is 9.59 Å². The van der Waals surface area contributed by atoms with Crippen molar-refractivity contribution in [3.63, 3.8) is 0 Å². The molecule has 0 saturated carbocycles. The van der Waals surface area contributed by atoms with Gasteiger partial charge in [-0.1, -0.05) is 29.8 Å². The molecule has 0 aliphatic carbocycles. The smallest absolute Gasteiger partial charge is 0.263 e. The summed E-state index contributed by atoms with van der Waals surface area (Å²) < 4.78 is 6.50. The van der Waals surface area contributed by atoms with Crippen LogP contribution in [0.3, 0.4) is 0 Å². The molecule has 3 rings (SSSR count). The highest BCUT2D eigenvalue weighted by molar-refractivity contribution is 5.93. The first-order chi connectivity index (χ1) is 11.6. The van der Waals surface area contributed by atoms with Crippen LogP contribution in [0.2, 0.25) is 0 Å². The van der Waals surface area contributed by atoms with E-state index in [-0.39, 0.29) is 17.0 Å². The molecule has 1 amide bonds. The summed E-state index contributed by atoms with van der Waals surface area (Å²) in [5, 5.41) is 2.73. The zero-order valence-electron chi connectivity index (χ0n) is 13.4. The van der Waals surface area contributed by atoms with E-state index in [1.54, 1.807) is 41.5 Å². The molecule has 3 aromatic rings. The van der Waals surface area contributed by atoms with Gasteiger partial charge in [0.05, 0.1) is 19.1 Å². The Bertz CT molecular complexity index is 895. The van der Waals surface area contributed by atoms with Crippen molar-refractivity contribution < 1.29 is 9.21 Å². The average Bonchev–Trinajstić information content (AvgIpc) is 3.08. The predicted molar refractivity (Wildman–Crippen MR) is 90.9 cm³/mol. The summed E-state index contributed by atoms with van der Waals surface area (Å²) in [6.07, 6.45) is 4.79. The van der Waals surface area contributed by atoms with E-state index in [1.807, 2.05) is 31.2 Å². The third-order valence-electron chi connectivity index (χ3n) is 3.73. The standard InChI is InChI=1S/C19H18N2O3/c1-14-4-2-5-15(10-14)12-21-8-3-6-17(19(21)23)18(22)20-11-16-7-9-24-13-16/h2-10,13H,11-12H2,1H3,(H,20,22). The number of furan rings is 1. The number of benzene rings is 1. The van der Waals surface area contributed by atoms with Gasteiger partial charge in [0.2, 0.25) is 0 Å². The summed E-state index contributed by atoms with van der Waals surface area (Å²) in [4.78, 5) is 24.8. The van der Waals surface area contributed by atoms with E-state index in [0.717, 1.165) is 16.7 Å². The Labute approximate surface area is 139 Å². The lowest BCUT2D eigenvalue weighted by atomic mass is 10.1. The van der Waals surface area contributed by atoms with Crippen LogP contribution in [0.1, 0.15) is 27.0 Å². The van der Waals surface area contributed by atoms with Crippen LogP contribution < -0.4 is 10.9 Å². The summed E-state index contributed by atoms with van der Waals surface area (Å²) in [7, 11) is 0. The number of hydrogen-bond donors (Lipinski definition) is 1. The molecule has 0 bridgehead atoms. The number of carbonyl (C=O) groups excluding carboxylic acids is 1. The lowest BCUT2D eigenvalue weighted by Gasteiger charge is -2.09. The van der Waals surface area contributed by atoms with Gasteiger partial charge in [0, 0.05) is 18.3 Å². The normalized spacial score (nSPS) is 10.5. The highest BCUT2D eigenvalue weighted by Crippen LogP contribution is 2.06. The Morgan fingerprint density at radius 2 is 2.04 bits per heavy atom. The largest absolute Gasteiger partial charge is 0.472 e. The minimum absolute atomic E-state index is 0.133. The zero-order chi connectivity index (χ0) is 16.9. The van der Waals surface area contributed by atoms with E-state index in [1.165, 1.54) is 0 Å². The molecule has 122 valence electrons. The Hall–Kier alpha value is -3.08. The fourth-order valence-corrected chi connectivity index (χ4v) is 2.51. The number of nitrogens with zero attached hydrogens (tertiary/aromatic N) is 1.